The Morgan fingerprint density at radius 3 is 2.54 bits per heavy atom. The van der Waals surface area contributed by atoms with Crippen molar-refractivity contribution in [1.82, 2.24) is 39.6 Å². The molecule has 0 saturated carbocycles. The maximum atomic E-state index is 14.5. The van der Waals surface area contributed by atoms with E-state index in [1.54, 1.807) is 11.9 Å². The summed E-state index contributed by atoms with van der Waals surface area (Å²) in [5.41, 5.74) is 13.0. The third-order valence-corrected chi connectivity index (χ3v) is 15.7. The van der Waals surface area contributed by atoms with Gasteiger partial charge in [-0.25, -0.2) is 33.5 Å². The Kier molecular flexibility index (Phi) is 15.5. The van der Waals surface area contributed by atoms with Gasteiger partial charge in [0.15, 0.2) is 23.8 Å². The van der Waals surface area contributed by atoms with E-state index < -0.39 is 52.9 Å². The van der Waals surface area contributed by atoms with Crippen LogP contribution < -0.4 is 41.2 Å². The number of phosphoric ester groups is 1. The smallest absolute Gasteiger partial charge is 0.456 e. The number of nitrogens with one attached hydrogen (secondary N) is 2. The van der Waals surface area contributed by atoms with Gasteiger partial charge in [0.25, 0.3) is 5.91 Å². The Bertz CT molecular complexity index is 3220. The lowest BCUT2D eigenvalue weighted by Crippen LogP contribution is -2.42. The van der Waals surface area contributed by atoms with E-state index in [0.29, 0.717) is 12.0 Å². The number of aryl methyl sites for hydroxylation is 2. The number of nitrogens with zero attached hydrogens (tertiary/aromatic N) is 7. The molecule has 24 nitrogen and oxygen atoms in total. The number of carbonyl (C=O) groups excluding carboxylic acids is 3. The highest BCUT2D eigenvalue weighted by Crippen LogP contribution is 2.58. The predicted molar refractivity (Wildman–Crippen MR) is 267 cm³/mol. The van der Waals surface area contributed by atoms with Crippen molar-refractivity contribution in [2.75, 3.05) is 70.1 Å². The van der Waals surface area contributed by atoms with Crippen LogP contribution in [0.4, 0.5) is 16.3 Å². The zero-order chi connectivity index (χ0) is 52.5. The summed E-state index contributed by atoms with van der Waals surface area (Å²) >= 11 is 0. The van der Waals surface area contributed by atoms with Gasteiger partial charge in [-0.1, -0.05) is 18.2 Å². The molecule has 1 saturated heterocycles. The maximum Gasteiger partial charge on any atom is 0.481 e. The molecule has 5 aromatic rings. The molecule has 3 amide bonds. The number of benzene rings is 3. The molecular formula is C48H59N10O14P2+. The van der Waals surface area contributed by atoms with Crippen LogP contribution in [0.25, 0.3) is 16.7 Å². The van der Waals surface area contributed by atoms with Crippen LogP contribution >= 0.6 is 15.6 Å². The van der Waals surface area contributed by atoms with Crippen molar-refractivity contribution in [3.63, 3.8) is 0 Å². The summed E-state index contributed by atoms with van der Waals surface area (Å²) in [7, 11) is -9.15. The summed E-state index contributed by atoms with van der Waals surface area (Å²) in [4.78, 5) is 84.5. The van der Waals surface area contributed by atoms with E-state index in [9.17, 15) is 33.5 Å². The minimum Gasteiger partial charge on any atom is -0.456 e. The van der Waals surface area contributed by atoms with Gasteiger partial charge in [-0.2, -0.15) is 4.31 Å². The van der Waals surface area contributed by atoms with Gasteiger partial charge in [-0.3, -0.25) is 18.7 Å². The van der Waals surface area contributed by atoms with Gasteiger partial charge < -0.3 is 60.2 Å². The number of anilines is 2. The standard InChI is InChI=1S/C48H58N10O14P2/c1-4-56-19-8-11-28-21-32-36(23-34(28)56)69-37-24-35-29(12-9-20-57(35)5-2)22-33(37)40(32)30-13-6-7-14-31(30)46(61)55(3)18-10-15-39(59)50-16-17-51-48(62)71-43-38(25-68-74(66,67)72-73(63,64)65)70-47(42(43)60)58-27-54-41-44(49)52-26-53-45(41)58/h6-7,13-14,21-24,26-27,38,42-43,47,60H,4-5,8-12,15-20,25H2,1-3H3,(H6-,49,50,51,52,53,59,62,63,64,65,66,67)/p+1/t38-,42-,43-,47-/m1/s1. The summed E-state index contributed by atoms with van der Waals surface area (Å²) < 4.78 is 53.7. The number of hydrogen-bond donors (Lipinski definition) is 7. The van der Waals surface area contributed by atoms with Crippen LogP contribution in [0.2, 0.25) is 0 Å². The fourth-order valence-electron chi connectivity index (χ4n) is 10.1. The highest BCUT2D eigenvalue weighted by Gasteiger charge is 2.49. The Hall–Kier alpha value is -6.33. The van der Waals surface area contributed by atoms with Gasteiger partial charge in [0.1, 0.15) is 48.6 Å². The van der Waals surface area contributed by atoms with Crippen molar-refractivity contribution >= 4 is 61.8 Å². The Morgan fingerprint density at radius 2 is 1.76 bits per heavy atom. The maximum absolute atomic E-state index is 14.5. The molecule has 0 spiro atoms. The van der Waals surface area contributed by atoms with Gasteiger partial charge in [0.05, 0.1) is 19.0 Å². The summed E-state index contributed by atoms with van der Waals surface area (Å²) in [5.74, 6) is 0.980. The lowest BCUT2D eigenvalue weighted by molar-refractivity contribution is -0.121. The van der Waals surface area contributed by atoms with E-state index in [-0.39, 0.29) is 54.9 Å². The molecule has 0 radical (unpaired) electrons. The molecule has 1 fully saturated rings. The molecule has 74 heavy (non-hydrogen) atoms. The normalized spacial score (nSPS) is 19.9. The van der Waals surface area contributed by atoms with Gasteiger partial charge in [-0.05, 0) is 68.9 Å². The molecule has 1 unspecified atom stereocenters. The van der Waals surface area contributed by atoms with Gasteiger partial charge in [0, 0.05) is 91.8 Å². The number of hydrogen-bond acceptors (Lipinski definition) is 16. The fourth-order valence-corrected chi connectivity index (χ4v) is 11.7. The van der Waals surface area contributed by atoms with Gasteiger partial charge >= 0.3 is 21.7 Å². The van der Waals surface area contributed by atoms with E-state index >= 15 is 0 Å². The molecule has 26 heteroatoms. The van der Waals surface area contributed by atoms with E-state index in [2.05, 4.69) is 77.5 Å². The van der Waals surface area contributed by atoms with Crippen molar-refractivity contribution in [2.45, 2.75) is 76.9 Å². The molecule has 0 bridgehead atoms. The molecule has 3 aromatic carbocycles. The first-order valence-electron chi connectivity index (χ1n) is 24.4. The SMILES string of the molecule is CCN1CCCc2cc3c(cc21)Oc1cc2c(cc1=C3c1ccccc1C(=O)N(C)CCCC(=O)NCCNC(=O)O[C@H]1[C@@H](O)[C@H](n3cnc4c(N)ncnc43)O[C@@H]1COP(=O)(O)OP(=O)(O)O)CCC[N+]=2CC. The minimum absolute atomic E-state index is 0.0158. The highest BCUT2D eigenvalue weighted by atomic mass is 31.3. The van der Waals surface area contributed by atoms with Crippen molar-refractivity contribution in [3.8, 4) is 11.5 Å². The van der Waals surface area contributed by atoms with Crippen LogP contribution in [0.3, 0.4) is 0 Å². The summed E-state index contributed by atoms with van der Waals surface area (Å²) in [6.45, 7) is 7.20. The fraction of sp³-hybridized carbons (Fsp3) is 0.438. The number of nitrogen functional groups attached to an aromatic ring is 1. The van der Waals surface area contributed by atoms with Crippen LogP contribution in [0.15, 0.2) is 61.2 Å². The molecular weight excluding hydrogens is 1000 g/mol. The van der Waals surface area contributed by atoms with Crippen molar-refractivity contribution < 1.29 is 66.3 Å². The molecule has 2 aromatic heterocycles. The molecule has 5 atom stereocenters. The Labute approximate surface area is 424 Å². The average molecular weight is 1060 g/mol. The van der Waals surface area contributed by atoms with Crippen molar-refractivity contribution in [3.05, 3.63) is 99.6 Å². The number of nitrogens with two attached hydrogens (primary N) is 1. The first-order chi connectivity index (χ1) is 35.4. The first-order valence-corrected chi connectivity index (χ1v) is 27.4. The minimum atomic E-state index is -5.48. The molecule has 6 heterocycles. The number of carbonyl (C=O) groups is 3. The molecule has 9 rings (SSSR count). The number of phosphoric acid groups is 2. The number of rotatable bonds is 18. The number of ether oxygens (including phenoxy) is 3. The number of imidazole rings is 1. The second-order valence-electron chi connectivity index (χ2n) is 18.3. The van der Waals surface area contributed by atoms with E-state index in [4.69, 9.17) is 34.3 Å². The largest absolute Gasteiger partial charge is 0.481 e. The topological polar surface area (TPSA) is 316 Å². The molecule has 8 N–H and O–H groups in total. The summed E-state index contributed by atoms with van der Waals surface area (Å²) in [6, 6.07) is 16.5. The monoisotopic (exact) mass is 1060 g/mol. The average Bonchev–Trinajstić information content (AvgIpc) is 3.94. The number of aromatic nitrogens is 4. The predicted octanol–water partition coefficient (Wildman–Crippen LogP) is 2.24. The van der Waals surface area contributed by atoms with Gasteiger partial charge in [-0.15, -0.1) is 0 Å². The molecule has 0 aliphatic carbocycles. The van der Waals surface area contributed by atoms with E-state index in [1.807, 2.05) is 24.3 Å². The van der Waals surface area contributed by atoms with Crippen LogP contribution in [-0.2, 0) is 45.1 Å². The number of amides is 3. The van der Waals surface area contributed by atoms with E-state index in [0.717, 1.165) is 91.6 Å². The van der Waals surface area contributed by atoms with Crippen LogP contribution in [0.5, 0.6) is 11.5 Å². The number of aliphatic hydroxyl groups excluding tert-OH is 1. The van der Waals surface area contributed by atoms with Gasteiger partial charge in [0.2, 0.25) is 11.3 Å². The van der Waals surface area contributed by atoms with Crippen LogP contribution in [-0.4, -0.2) is 140 Å². The zero-order valence-corrected chi connectivity index (χ0v) is 42.7. The zero-order valence-electron chi connectivity index (χ0n) is 41.0. The van der Waals surface area contributed by atoms with Crippen LogP contribution in [0.1, 0.15) is 78.4 Å². The van der Waals surface area contributed by atoms with E-state index in [1.165, 1.54) is 33.1 Å². The molecule has 4 aliphatic rings. The lowest BCUT2D eigenvalue weighted by atomic mass is 9.86. The third-order valence-electron chi connectivity index (χ3n) is 13.5. The number of fused-ring (bicyclic) bond motifs is 5. The highest BCUT2D eigenvalue weighted by molar-refractivity contribution is 7.60. The van der Waals surface area contributed by atoms with Crippen LogP contribution in [0, 0.1) is 0 Å². The number of aliphatic hydroxyl groups is 1. The lowest BCUT2D eigenvalue weighted by Gasteiger charge is -2.33. The Balaban J connectivity index is 0.827. The Morgan fingerprint density at radius 1 is 0.973 bits per heavy atom. The molecule has 4 aliphatic heterocycles. The number of alkyl carbamates (subject to hydrolysis) is 1. The third kappa shape index (κ3) is 11.2. The molecule has 394 valence electrons. The summed E-state index contributed by atoms with van der Waals surface area (Å²) in [5, 5.41) is 18.6. The van der Waals surface area contributed by atoms with Crippen molar-refractivity contribution in [1.29, 1.82) is 0 Å². The first kappa shape index (κ1) is 52.5. The van der Waals surface area contributed by atoms with Crippen molar-refractivity contribution in [2.24, 2.45) is 0 Å². The second-order valence-corrected chi connectivity index (χ2v) is 21.1. The quantitative estimate of drug-likeness (QED) is 0.0369. The second kappa shape index (κ2) is 21.9. The summed E-state index contributed by atoms with van der Waals surface area (Å²) in [6.07, 6.45) is -0.558.